The lowest BCUT2D eigenvalue weighted by atomic mass is 9.68. The molecule has 2 heteroatoms. The molecule has 0 aromatic rings. The number of carboxylic acids is 1. The topological polar surface area (TPSA) is 37.3 Å². The molecule has 1 aliphatic carbocycles. The molecule has 1 N–H and O–H groups in total. The molecule has 1 saturated carbocycles. The normalized spacial score (nSPS) is 34.5. The van der Waals surface area contributed by atoms with Gasteiger partial charge in [0, 0.05) is 0 Å². The van der Waals surface area contributed by atoms with Crippen molar-refractivity contribution >= 4 is 5.97 Å². The zero-order chi connectivity index (χ0) is 9.90. The van der Waals surface area contributed by atoms with Crippen LogP contribution < -0.4 is 0 Å². The number of rotatable bonds is 3. The molecule has 0 atom stereocenters. The maximum absolute atomic E-state index is 11.1. The summed E-state index contributed by atoms with van der Waals surface area (Å²) >= 11 is 0. The van der Waals surface area contributed by atoms with E-state index in [0.717, 1.165) is 38.0 Å². The van der Waals surface area contributed by atoms with Crippen LogP contribution in [0.25, 0.3) is 0 Å². The van der Waals surface area contributed by atoms with Gasteiger partial charge < -0.3 is 5.11 Å². The second kappa shape index (κ2) is 4.12. The highest BCUT2D eigenvalue weighted by Crippen LogP contribution is 2.42. The Morgan fingerprint density at radius 3 is 2.23 bits per heavy atom. The van der Waals surface area contributed by atoms with Crippen LogP contribution in [-0.4, -0.2) is 11.1 Å². The van der Waals surface area contributed by atoms with E-state index in [1.165, 1.54) is 6.42 Å². The van der Waals surface area contributed by atoms with Crippen molar-refractivity contribution in [1.82, 2.24) is 0 Å². The van der Waals surface area contributed by atoms with Gasteiger partial charge in [0.05, 0.1) is 5.41 Å². The molecule has 0 unspecified atom stereocenters. The monoisotopic (exact) mass is 184 g/mol. The van der Waals surface area contributed by atoms with Gasteiger partial charge in [-0.15, -0.1) is 0 Å². The lowest BCUT2D eigenvalue weighted by molar-refractivity contribution is -0.152. The van der Waals surface area contributed by atoms with Gasteiger partial charge >= 0.3 is 5.97 Å². The lowest BCUT2D eigenvalue weighted by Gasteiger charge is -2.35. The second-order valence-electron chi connectivity index (χ2n) is 4.29. The fraction of sp³-hybridized carbons (Fsp3) is 0.909. The van der Waals surface area contributed by atoms with Crippen molar-refractivity contribution < 1.29 is 9.90 Å². The Hall–Kier alpha value is -0.530. The quantitative estimate of drug-likeness (QED) is 0.732. The summed E-state index contributed by atoms with van der Waals surface area (Å²) in [4.78, 5) is 11.1. The zero-order valence-electron chi connectivity index (χ0n) is 8.68. The predicted octanol–water partition coefficient (Wildman–Crippen LogP) is 3.07. The molecule has 0 aliphatic heterocycles. The van der Waals surface area contributed by atoms with Crippen LogP contribution in [-0.2, 0) is 4.79 Å². The Bertz CT molecular complexity index is 179. The third-order valence-corrected chi connectivity index (χ3v) is 3.77. The van der Waals surface area contributed by atoms with E-state index in [1.54, 1.807) is 0 Å². The first-order valence-electron chi connectivity index (χ1n) is 5.38. The van der Waals surface area contributed by atoms with E-state index >= 15 is 0 Å². The summed E-state index contributed by atoms with van der Waals surface area (Å²) in [5.41, 5.74) is -0.383. The van der Waals surface area contributed by atoms with Gasteiger partial charge in [-0.1, -0.05) is 20.3 Å². The Balaban J connectivity index is 2.58. The molecule has 13 heavy (non-hydrogen) atoms. The highest BCUT2D eigenvalue weighted by atomic mass is 16.4. The predicted molar refractivity (Wildman–Crippen MR) is 52.6 cm³/mol. The average molecular weight is 184 g/mol. The molecule has 0 spiro atoms. The van der Waals surface area contributed by atoms with Gasteiger partial charge in [0.2, 0.25) is 0 Å². The van der Waals surface area contributed by atoms with Gasteiger partial charge in [-0.2, -0.15) is 0 Å². The van der Waals surface area contributed by atoms with Crippen molar-refractivity contribution in [2.24, 2.45) is 11.3 Å². The van der Waals surface area contributed by atoms with Crippen LogP contribution in [0.4, 0.5) is 0 Å². The average Bonchev–Trinajstić information content (AvgIpc) is 2.17. The maximum atomic E-state index is 11.1. The van der Waals surface area contributed by atoms with Gasteiger partial charge in [0.1, 0.15) is 0 Å². The molecule has 0 amide bonds. The number of carboxylic acid groups (broad SMARTS) is 1. The van der Waals surface area contributed by atoms with E-state index in [1.807, 2.05) is 6.92 Å². The first-order valence-corrected chi connectivity index (χ1v) is 5.38. The van der Waals surface area contributed by atoms with E-state index in [9.17, 15) is 4.79 Å². The molecule has 0 aromatic carbocycles. The molecule has 0 radical (unpaired) electrons. The first kappa shape index (κ1) is 10.6. The van der Waals surface area contributed by atoms with Gasteiger partial charge in [-0.05, 0) is 38.0 Å². The molecule has 76 valence electrons. The zero-order valence-corrected chi connectivity index (χ0v) is 8.68. The number of carbonyl (C=O) groups is 1. The van der Waals surface area contributed by atoms with Crippen molar-refractivity contribution in [3.05, 3.63) is 0 Å². The van der Waals surface area contributed by atoms with Crippen LogP contribution >= 0.6 is 0 Å². The Morgan fingerprint density at radius 2 is 1.92 bits per heavy atom. The minimum absolute atomic E-state index is 0.383. The molecule has 1 fully saturated rings. The Morgan fingerprint density at radius 1 is 1.38 bits per heavy atom. The fourth-order valence-electron chi connectivity index (χ4n) is 2.36. The van der Waals surface area contributed by atoms with Crippen LogP contribution in [0.1, 0.15) is 52.4 Å². The van der Waals surface area contributed by atoms with E-state index in [4.69, 9.17) is 5.11 Å². The molecular weight excluding hydrogens is 164 g/mol. The Kier molecular flexibility index (Phi) is 3.34. The summed E-state index contributed by atoms with van der Waals surface area (Å²) in [6.45, 7) is 4.20. The molecular formula is C11H20O2. The number of hydrogen-bond acceptors (Lipinski definition) is 1. The highest BCUT2D eigenvalue weighted by molar-refractivity contribution is 5.74. The summed E-state index contributed by atoms with van der Waals surface area (Å²) in [7, 11) is 0. The van der Waals surface area contributed by atoms with Crippen LogP contribution in [0, 0.1) is 11.3 Å². The lowest BCUT2D eigenvalue weighted by Crippen LogP contribution is -2.34. The second-order valence-corrected chi connectivity index (χ2v) is 4.29. The SMILES string of the molecule is CCC1CCC(CC)(C(=O)O)CC1. The smallest absolute Gasteiger partial charge is 0.309 e. The fourth-order valence-corrected chi connectivity index (χ4v) is 2.36. The molecule has 1 aliphatic rings. The van der Waals surface area contributed by atoms with Crippen molar-refractivity contribution in [3.8, 4) is 0 Å². The van der Waals surface area contributed by atoms with Gasteiger partial charge in [-0.3, -0.25) is 4.79 Å². The van der Waals surface area contributed by atoms with Gasteiger partial charge in [-0.25, -0.2) is 0 Å². The number of hydrogen-bond donors (Lipinski definition) is 1. The minimum Gasteiger partial charge on any atom is -0.481 e. The van der Waals surface area contributed by atoms with E-state index < -0.39 is 5.97 Å². The highest BCUT2D eigenvalue weighted by Gasteiger charge is 2.39. The third-order valence-electron chi connectivity index (χ3n) is 3.77. The van der Waals surface area contributed by atoms with Crippen molar-refractivity contribution in [3.63, 3.8) is 0 Å². The van der Waals surface area contributed by atoms with Crippen LogP contribution in [0.2, 0.25) is 0 Å². The van der Waals surface area contributed by atoms with E-state index in [0.29, 0.717) is 0 Å². The van der Waals surface area contributed by atoms with E-state index in [2.05, 4.69) is 6.92 Å². The largest absolute Gasteiger partial charge is 0.481 e. The van der Waals surface area contributed by atoms with Crippen LogP contribution in [0.5, 0.6) is 0 Å². The number of aliphatic carboxylic acids is 1. The Labute approximate surface area is 80.3 Å². The van der Waals surface area contributed by atoms with Crippen LogP contribution in [0.3, 0.4) is 0 Å². The summed E-state index contributed by atoms with van der Waals surface area (Å²) < 4.78 is 0. The van der Waals surface area contributed by atoms with Crippen molar-refractivity contribution in [2.75, 3.05) is 0 Å². The van der Waals surface area contributed by atoms with Crippen molar-refractivity contribution in [2.45, 2.75) is 52.4 Å². The third kappa shape index (κ3) is 2.04. The summed E-state index contributed by atoms with van der Waals surface area (Å²) in [6.07, 6.45) is 5.99. The molecule has 0 aromatic heterocycles. The molecule has 2 nitrogen and oxygen atoms in total. The summed E-state index contributed by atoms with van der Waals surface area (Å²) in [6, 6.07) is 0. The van der Waals surface area contributed by atoms with Gasteiger partial charge in [0.25, 0.3) is 0 Å². The molecule has 0 heterocycles. The summed E-state index contributed by atoms with van der Waals surface area (Å²) in [5.74, 6) is 0.198. The standard InChI is InChI=1S/C11H20O2/c1-3-9-5-7-11(4-2,8-6-9)10(12)13/h9H,3-8H2,1-2H3,(H,12,13). The van der Waals surface area contributed by atoms with E-state index in [-0.39, 0.29) is 5.41 Å². The molecule has 0 bridgehead atoms. The van der Waals surface area contributed by atoms with Crippen molar-refractivity contribution in [1.29, 1.82) is 0 Å². The van der Waals surface area contributed by atoms with Crippen LogP contribution in [0.15, 0.2) is 0 Å². The van der Waals surface area contributed by atoms with Gasteiger partial charge in [0.15, 0.2) is 0 Å². The first-order chi connectivity index (χ1) is 6.14. The summed E-state index contributed by atoms with van der Waals surface area (Å²) in [5, 5.41) is 9.15. The minimum atomic E-state index is -0.579. The maximum Gasteiger partial charge on any atom is 0.309 e. The molecule has 0 saturated heterocycles. The molecule has 1 rings (SSSR count).